The summed E-state index contributed by atoms with van der Waals surface area (Å²) in [6, 6.07) is 7.52. The zero-order valence-corrected chi connectivity index (χ0v) is 9.70. The van der Waals surface area contributed by atoms with Crippen LogP contribution >= 0.6 is 22.6 Å². The number of nitrogens with zero attached hydrogens (tertiary/aromatic N) is 1. The summed E-state index contributed by atoms with van der Waals surface area (Å²) in [5.74, 6) is 0.787. The van der Waals surface area contributed by atoms with Gasteiger partial charge in [-0.2, -0.15) is 5.26 Å². The Kier molecular flexibility index (Phi) is 3.55. The second kappa shape index (κ2) is 4.47. The second-order valence-electron chi connectivity index (χ2n) is 2.92. The lowest BCUT2D eigenvalue weighted by atomic mass is 10.2. The fourth-order valence-corrected chi connectivity index (χ4v) is 1.38. The molecule has 0 bridgehead atoms. The SMILES string of the molecule is CC(C)Oc1cc(C#N)ccc1I. The van der Waals surface area contributed by atoms with Crippen LogP contribution in [0.25, 0.3) is 0 Å². The molecule has 0 aliphatic heterocycles. The van der Waals surface area contributed by atoms with Crippen molar-refractivity contribution in [2.45, 2.75) is 20.0 Å². The summed E-state index contributed by atoms with van der Waals surface area (Å²) >= 11 is 2.19. The van der Waals surface area contributed by atoms with E-state index in [1.807, 2.05) is 19.9 Å². The maximum Gasteiger partial charge on any atom is 0.134 e. The predicted octanol–water partition coefficient (Wildman–Crippen LogP) is 2.95. The van der Waals surface area contributed by atoms with E-state index in [-0.39, 0.29) is 6.10 Å². The average molecular weight is 287 g/mol. The zero-order valence-electron chi connectivity index (χ0n) is 7.54. The Bertz CT molecular complexity index is 341. The van der Waals surface area contributed by atoms with Gasteiger partial charge in [0.2, 0.25) is 0 Å². The van der Waals surface area contributed by atoms with Crippen molar-refractivity contribution in [3.05, 3.63) is 27.3 Å². The number of hydrogen-bond acceptors (Lipinski definition) is 2. The number of halogens is 1. The standard InChI is InChI=1S/C10H10INO/c1-7(2)13-10-5-8(6-12)3-4-9(10)11/h3-5,7H,1-2H3. The van der Waals surface area contributed by atoms with Gasteiger partial charge in [0.05, 0.1) is 21.3 Å². The highest BCUT2D eigenvalue weighted by Crippen LogP contribution is 2.22. The van der Waals surface area contributed by atoms with E-state index < -0.39 is 0 Å². The van der Waals surface area contributed by atoms with Crippen molar-refractivity contribution in [2.75, 3.05) is 0 Å². The minimum Gasteiger partial charge on any atom is -0.490 e. The minimum absolute atomic E-state index is 0.141. The van der Waals surface area contributed by atoms with Crippen molar-refractivity contribution in [2.24, 2.45) is 0 Å². The van der Waals surface area contributed by atoms with Gasteiger partial charge >= 0.3 is 0 Å². The molecule has 0 unspecified atom stereocenters. The quantitative estimate of drug-likeness (QED) is 0.783. The van der Waals surface area contributed by atoms with Crippen molar-refractivity contribution in [1.82, 2.24) is 0 Å². The number of rotatable bonds is 2. The maximum atomic E-state index is 8.68. The number of hydrogen-bond donors (Lipinski definition) is 0. The molecule has 0 spiro atoms. The molecule has 13 heavy (non-hydrogen) atoms. The lowest BCUT2D eigenvalue weighted by Crippen LogP contribution is -2.06. The van der Waals surface area contributed by atoms with Crippen LogP contribution in [-0.2, 0) is 0 Å². The molecule has 0 atom stereocenters. The molecule has 0 amide bonds. The van der Waals surface area contributed by atoms with Crippen LogP contribution in [0.3, 0.4) is 0 Å². The molecule has 0 saturated carbocycles. The third-order valence-corrected chi connectivity index (χ3v) is 2.31. The summed E-state index contributed by atoms with van der Waals surface area (Å²) in [6.07, 6.45) is 0.141. The van der Waals surface area contributed by atoms with Crippen LogP contribution in [-0.4, -0.2) is 6.10 Å². The molecule has 3 heteroatoms. The van der Waals surface area contributed by atoms with E-state index >= 15 is 0 Å². The highest BCUT2D eigenvalue weighted by Gasteiger charge is 2.03. The van der Waals surface area contributed by atoms with Crippen LogP contribution in [0, 0.1) is 14.9 Å². The number of ether oxygens (including phenoxy) is 1. The van der Waals surface area contributed by atoms with Gasteiger partial charge in [-0.25, -0.2) is 0 Å². The Morgan fingerprint density at radius 1 is 1.46 bits per heavy atom. The normalized spacial score (nSPS) is 9.77. The largest absolute Gasteiger partial charge is 0.490 e. The summed E-state index contributed by atoms with van der Waals surface area (Å²) in [4.78, 5) is 0. The Morgan fingerprint density at radius 3 is 2.69 bits per heavy atom. The van der Waals surface area contributed by atoms with Gasteiger partial charge < -0.3 is 4.74 Å². The molecular formula is C10H10INO. The van der Waals surface area contributed by atoms with E-state index in [2.05, 4.69) is 28.7 Å². The lowest BCUT2D eigenvalue weighted by Gasteiger charge is -2.11. The van der Waals surface area contributed by atoms with Crippen LogP contribution in [0.15, 0.2) is 18.2 Å². The molecule has 0 aliphatic carbocycles. The van der Waals surface area contributed by atoms with E-state index in [9.17, 15) is 0 Å². The molecular weight excluding hydrogens is 277 g/mol. The Morgan fingerprint density at radius 2 is 2.15 bits per heavy atom. The molecule has 1 aromatic rings. The van der Waals surface area contributed by atoms with Crippen molar-refractivity contribution in [3.63, 3.8) is 0 Å². The third-order valence-electron chi connectivity index (χ3n) is 1.42. The van der Waals surface area contributed by atoms with Crippen LogP contribution in [0.5, 0.6) is 5.75 Å². The summed E-state index contributed by atoms with van der Waals surface area (Å²) in [5, 5.41) is 8.68. The first-order valence-corrected chi connectivity index (χ1v) is 5.07. The van der Waals surface area contributed by atoms with Gasteiger partial charge in [-0.3, -0.25) is 0 Å². The van der Waals surface area contributed by atoms with Gasteiger partial charge in [0.15, 0.2) is 0 Å². The van der Waals surface area contributed by atoms with Gasteiger partial charge in [0.1, 0.15) is 5.75 Å². The minimum atomic E-state index is 0.141. The highest BCUT2D eigenvalue weighted by molar-refractivity contribution is 14.1. The first kappa shape index (κ1) is 10.3. The van der Waals surface area contributed by atoms with Gasteiger partial charge in [-0.05, 0) is 54.6 Å². The molecule has 0 saturated heterocycles. The first-order valence-electron chi connectivity index (χ1n) is 4.00. The zero-order chi connectivity index (χ0) is 9.84. The van der Waals surface area contributed by atoms with Crippen LogP contribution < -0.4 is 4.74 Å². The van der Waals surface area contributed by atoms with Crippen LogP contribution in [0.2, 0.25) is 0 Å². The Balaban J connectivity index is 2.99. The van der Waals surface area contributed by atoms with E-state index in [1.54, 1.807) is 12.1 Å². The van der Waals surface area contributed by atoms with Gasteiger partial charge in [0, 0.05) is 0 Å². The fourth-order valence-electron chi connectivity index (χ4n) is 0.917. The smallest absolute Gasteiger partial charge is 0.134 e. The van der Waals surface area contributed by atoms with E-state index in [4.69, 9.17) is 10.00 Å². The summed E-state index contributed by atoms with van der Waals surface area (Å²) in [7, 11) is 0. The van der Waals surface area contributed by atoms with Gasteiger partial charge in [-0.15, -0.1) is 0 Å². The molecule has 0 heterocycles. The van der Waals surface area contributed by atoms with Gasteiger partial charge in [0.25, 0.3) is 0 Å². The monoisotopic (exact) mass is 287 g/mol. The number of benzene rings is 1. The predicted molar refractivity (Wildman–Crippen MR) is 59.6 cm³/mol. The molecule has 68 valence electrons. The summed E-state index contributed by atoms with van der Waals surface area (Å²) in [6.45, 7) is 3.93. The van der Waals surface area contributed by atoms with Gasteiger partial charge in [-0.1, -0.05) is 0 Å². The van der Waals surface area contributed by atoms with E-state index in [0.29, 0.717) is 5.56 Å². The van der Waals surface area contributed by atoms with E-state index in [1.165, 1.54) is 0 Å². The topological polar surface area (TPSA) is 33.0 Å². The molecule has 0 fully saturated rings. The van der Waals surface area contributed by atoms with Crippen molar-refractivity contribution >= 4 is 22.6 Å². The molecule has 1 rings (SSSR count). The van der Waals surface area contributed by atoms with Crippen LogP contribution in [0.4, 0.5) is 0 Å². The van der Waals surface area contributed by atoms with Crippen molar-refractivity contribution in [3.8, 4) is 11.8 Å². The molecule has 2 nitrogen and oxygen atoms in total. The maximum absolute atomic E-state index is 8.68. The third kappa shape index (κ3) is 2.88. The average Bonchev–Trinajstić information content (AvgIpc) is 2.08. The Hall–Kier alpha value is -0.760. The molecule has 0 aromatic heterocycles. The summed E-state index contributed by atoms with van der Waals surface area (Å²) < 4.78 is 6.56. The van der Waals surface area contributed by atoms with E-state index in [0.717, 1.165) is 9.32 Å². The highest BCUT2D eigenvalue weighted by atomic mass is 127. The van der Waals surface area contributed by atoms with Crippen molar-refractivity contribution in [1.29, 1.82) is 5.26 Å². The second-order valence-corrected chi connectivity index (χ2v) is 4.09. The van der Waals surface area contributed by atoms with Crippen molar-refractivity contribution < 1.29 is 4.74 Å². The summed E-state index contributed by atoms with van der Waals surface area (Å²) in [5.41, 5.74) is 0.635. The molecule has 0 radical (unpaired) electrons. The first-order chi connectivity index (χ1) is 6.13. The fraction of sp³-hybridized carbons (Fsp3) is 0.300. The Labute approximate surface area is 91.7 Å². The molecule has 1 aromatic carbocycles. The molecule has 0 N–H and O–H groups in total. The van der Waals surface area contributed by atoms with Crippen LogP contribution in [0.1, 0.15) is 19.4 Å². The molecule has 0 aliphatic rings. The number of nitriles is 1. The lowest BCUT2D eigenvalue weighted by molar-refractivity contribution is 0.240.